The number of carbonyl (C=O) groups excluding carboxylic acids is 2. The van der Waals surface area contributed by atoms with Crippen LogP contribution in [0.4, 0.5) is 8.78 Å². The second-order valence-electron chi connectivity index (χ2n) is 4.05. The first kappa shape index (κ1) is 13.9. The van der Waals surface area contributed by atoms with Gasteiger partial charge >= 0.3 is 0 Å². The van der Waals surface area contributed by atoms with Gasteiger partial charge in [0, 0.05) is 10.9 Å². The number of amides is 2. The number of halogens is 2. The van der Waals surface area contributed by atoms with Gasteiger partial charge in [0.15, 0.2) is 0 Å². The van der Waals surface area contributed by atoms with E-state index in [4.69, 9.17) is 0 Å². The van der Waals surface area contributed by atoms with Crippen molar-refractivity contribution in [3.05, 3.63) is 30.0 Å². The number of H-pyrrole nitrogens is 1. The molecule has 0 radical (unpaired) electrons. The summed E-state index contributed by atoms with van der Waals surface area (Å²) in [4.78, 5) is 23.0. The van der Waals surface area contributed by atoms with Crippen molar-refractivity contribution in [3.8, 4) is 0 Å². The van der Waals surface area contributed by atoms with Crippen LogP contribution in [-0.4, -0.2) is 41.5 Å². The molecule has 8 heteroatoms. The van der Waals surface area contributed by atoms with Gasteiger partial charge in [-0.3, -0.25) is 14.7 Å². The Kier molecular flexibility index (Phi) is 4.24. The molecule has 0 saturated heterocycles. The molecule has 0 fully saturated rings. The highest BCUT2D eigenvalue weighted by Gasteiger charge is 2.10. The lowest BCUT2D eigenvalue weighted by molar-refractivity contribution is -0.120. The monoisotopic (exact) mass is 282 g/mol. The molecule has 0 aliphatic carbocycles. The van der Waals surface area contributed by atoms with Crippen LogP contribution in [0.25, 0.3) is 10.9 Å². The van der Waals surface area contributed by atoms with Crippen LogP contribution in [0, 0.1) is 0 Å². The van der Waals surface area contributed by atoms with Crippen LogP contribution in [0.2, 0.25) is 0 Å². The molecule has 0 aliphatic rings. The minimum Gasteiger partial charge on any atom is -0.349 e. The van der Waals surface area contributed by atoms with E-state index in [2.05, 4.69) is 15.5 Å². The summed E-state index contributed by atoms with van der Waals surface area (Å²) < 4.78 is 23.7. The van der Waals surface area contributed by atoms with Gasteiger partial charge in [-0.25, -0.2) is 8.78 Å². The summed E-state index contributed by atoms with van der Waals surface area (Å²) in [5.74, 6) is -1.12. The molecule has 0 saturated carbocycles. The Labute approximate surface area is 112 Å². The van der Waals surface area contributed by atoms with Crippen molar-refractivity contribution in [2.24, 2.45) is 0 Å². The number of aromatic nitrogens is 2. The second-order valence-corrected chi connectivity index (χ2v) is 4.05. The Morgan fingerprint density at radius 1 is 1.30 bits per heavy atom. The minimum atomic E-state index is -2.61. The maximum Gasteiger partial charge on any atom is 0.255 e. The summed E-state index contributed by atoms with van der Waals surface area (Å²) in [6.07, 6.45) is -1.04. The van der Waals surface area contributed by atoms with E-state index >= 15 is 0 Å². The first-order valence-corrected chi connectivity index (χ1v) is 5.82. The summed E-state index contributed by atoms with van der Waals surface area (Å²) in [6, 6.07) is 4.88. The third kappa shape index (κ3) is 3.50. The van der Waals surface area contributed by atoms with Crippen LogP contribution < -0.4 is 10.6 Å². The second kappa shape index (κ2) is 6.09. The highest BCUT2D eigenvalue weighted by molar-refractivity contribution is 5.99. The van der Waals surface area contributed by atoms with Crippen LogP contribution in [0.15, 0.2) is 24.4 Å². The van der Waals surface area contributed by atoms with E-state index < -0.39 is 24.8 Å². The summed E-state index contributed by atoms with van der Waals surface area (Å²) in [6.45, 7) is -1.08. The first-order valence-electron chi connectivity index (χ1n) is 5.82. The molecule has 0 bridgehead atoms. The summed E-state index contributed by atoms with van der Waals surface area (Å²) in [5, 5.41) is 11.7. The van der Waals surface area contributed by atoms with Gasteiger partial charge in [-0.05, 0) is 18.2 Å². The number of fused-ring (bicyclic) bond motifs is 1. The smallest absolute Gasteiger partial charge is 0.255 e. The number of nitrogens with zero attached hydrogens (tertiary/aromatic N) is 1. The lowest BCUT2D eigenvalue weighted by atomic mass is 10.1. The zero-order chi connectivity index (χ0) is 14.5. The Balaban J connectivity index is 1.89. The summed E-state index contributed by atoms with van der Waals surface area (Å²) >= 11 is 0. The van der Waals surface area contributed by atoms with E-state index in [0.717, 1.165) is 10.9 Å². The molecule has 0 aliphatic heterocycles. The Morgan fingerprint density at radius 2 is 2.10 bits per heavy atom. The van der Waals surface area contributed by atoms with Gasteiger partial charge in [0.25, 0.3) is 12.3 Å². The molecule has 2 aromatic rings. The molecule has 2 amide bonds. The highest BCUT2D eigenvalue weighted by Crippen LogP contribution is 2.12. The predicted octanol–water partition coefficient (Wildman–Crippen LogP) is 0.674. The van der Waals surface area contributed by atoms with E-state index in [1.807, 2.05) is 5.32 Å². The van der Waals surface area contributed by atoms with Gasteiger partial charge in [-0.1, -0.05) is 0 Å². The predicted molar refractivity (Wildman–Crippen MR) is 67.4 cm³/mol. The molecule has 6 nitrogen and oxygen atoms in total. The maximum absolute atomic E-state index is 11.9. The van der Waals surface area contributed by atoms with E-state index in [1.54, 1.807) is 24.4 Å². The van der Waals surface area contributed by atoms with E-state index in [1.165, 1.54) is 0 Å². The van der Waals surface area contributed by atoms with Crippen LogP contribution in [0.5, 0.6) is 0 Å². The Hall–Kier alpha value is -2.51. The number of aromatic amines is 1. The van der Waals surface area contributed by atoms with Crippen molar-refractivity contribution in [2.45, 2.75) is 6.43 Å². The topological polar surface area (TPSA) is 86.9 Å². The molecule has 3 N–H and O–H groups in total. The van der Waals surface area contributed by atoms with Crippen molar-refractivity contribution in [3.63, 3.8) is 0 Å². The Morgan fingerprint density at radius 3 is 2.85 bits per heavy atom. The first-order chi connectivity index (χ1) is 9.56. The highest BCUT2D eigenvalue weighted by atomic mass is 19.3. The number of hydrogen-bond donors (Lipinski definition) is 3. The number of carbonyl (C=O) groups is 2. The van der Waals surface area contributed by atoms with Gasteiger partial charge < -0.3 is 10.6 Å². The third-order valence-corrected chi connectivity index (χ3v) is 2.57. The largest absolute Gasteiger partial charge is 0.349 e. The normalized spacial score (nSPS) is 10.8. The van der Waals surface area contributed by atoms with Gasteiger partial charge in [-0.15, -0.1) is 0 Å². The van der Waals surface area contributed by atoms with Crippen LogP contribution in [0.1, 0.15) is 10.4 Å². The van der Waals surface area contributed by atoms with Gasteiger partial charge in [0.1, 0.15) is 0 Å². The standard InChI is InChI=1S/C12H12F2N4O2/c13-10(14)5-15-11(19)6-16-12(20)7-1-2-9-8(3-7)4-17-18-9/h1-4,10H,5-6H2,(H,15,19)(H,16,20)(H,17,18). The van der Waals surface area contributed by atoms with Gasteiger partial charge in [0.05, 0.1) is 24.8 Å². The fourth-order valence-electron chi connectivity index (χ4n) is 1.60. The van der Waals surface area contributed by atoms with E-state index in [0.29, 0.717) is 5.56 Å². The fourth-order valence-corrected chi connectivity index (χ4v) is 1.60. The number of nitrogens with one attached hydrogen (secondary N) is 3. The van der Waals surface area contributed by atoms with Crippen molar-refractivity contribution in [1.29, 1.82) is 0 Å². The average molecular weight is 282 g/mol. The van der Waals surface area contributed by atoms with Crippen LogP contribution in [0.3, 0.4) is 0 Å². The molecule has 0 unspecified atom stereocenters. The summed E-state index contributed by atoms with van der Waals surface area (Å²) in [7, 11) is 0. The molecular formula is C12H12F2N4O2. The lowest BCUT2D eigenvalue weighted by Gasteiger charge is -2.06. The van der Waals surface area contributed by atoms with Crippen molar-refractivity contribution in [2.75, 3.05) is 13.1 Å². The van der Waals surface area contributed by atoms with Crippen LogP contribution in [-0.2, 0) is 4.79 Å². The number of alkyl halides is 2. The zero-order valence-corrected chi connectivity index (χ0v) is 10.3. The fraction of sp³-hybridized carbons (Fsp3) is 0.250. The number of benzene rings is 1. The molecule has 1 aromatic carbocycles. The Bertz CT molecular complexity index is 627. The average Bonchev–Trinajstić information content (AvgIpc) is 2.89. The van der Waals surface area contributed by atoms with E-state index in [9.17, 15) is 18.4 Å². The molecule has 20 heavy (non-hydrogen) atoms. The lowest BCUT2D eigenvalue weighted by Crippen LogP contribution is -2.38. The molecular weight excluding hydrogens is 270 g/mol. The SMILES string of the molecule is O=C(CNC(=O)c1ccc2[nH]ncc2c1)NCC(F)F. The molecule has 0 atom stereocenters. The summed E-state index contributed by atoms with van der Waals surface area (Å²) in [5.41, 5.74) is 1.15. The quantitative estimate of drug-likeness (QED) is 0.753. The number of hydrogen-bond acceptors (Lipinski definition) is 3. The molecule has 106 valence electrons. The van der Waals surface area contributed by atoms with Crippen LogP contribution >= 0.6 is 0 Å². The molecule has 1 heterocycles. The third-order valence-electron chi connectivity index (χ3n) is 2.57. The van der Waals surface area contributed by atoms with Crippen molar-refractivity contribution >= 4 is 22.7 Å². The van der Waals surface area contributed by atoms with Gasteiger partial charge in [0.2, 0.25) is 5.91 Å². The van der Waals surface area contributed by atoms with Crippen molar-refractivity contribution < 1.29 is 18.4 Å². The van der Waals surface area contributed by atoms with Crippen molar-refractivity contribution in [1.82, 2.24) is 20.8 Å². The zero-order valence-electron chi connectivity index (χ0n) is 10.3. The molecule has 1 aromatic heterocycles. The molecule has 0 spiro atoms. The molecule has 2 rings (SSSR count). The minimum absolute atomic E-state index is 0.352. The number of rotatable bonds is 5. The van der Waals surface area contributed by atoms with Gasteiger partial charge in [-0.2, -0.15) is 5.10 Å². The maximum atomic E-state index is 11.9. The van der Waals surface area contributed by atoms with E-state index in [-0.39, 0.29) is 6.54 Å².